The van der Waals surface area contributed by atoms with E-state index in [-0.39, 0.29) is 46.5 Å². The summed E-state index contributed by atoms with van der Waals surface area (Å²) >= 11 is 0. The fourth-order valence-electron chi connectivity index (χ4n) is 16.5. The molecule has 9 aliphatic carbocycles. The molecule has 0 saturated heterocycles. The number of allylic oxidation sites excluding steroid dienone is 19. The number of rotatable bonds is 0. The van der Waals surface area contributed by atoms with Crippen molar-refractivity contribution < 1.29 is 38.4 Å². The Bertz CT molecular complexity index is 4980. The zero-order valence-electron chi connectivity index (χ0n) is 63.0. The molecule has 0 bridgehead atoms. The fourth-order valence-corrected chi connectivity index (χ4v) is 16.5. The normalized spacial score (nSPS) is 19.6. The minimum absolute atomic E-state index is 0.0181. The first-order valence-corrected chi connectivity index (χ1v) is 34.2. The summed E-state index contributed by atoms with van der Waals surface area (Å²) in [7, 11) is 3.38. The second kappa shape index (κ2) is 25.9. The molecule has 508 valence electrons. The SMILES string of the molecule is CC1=C(C)C2=C(C1)C(=O)C1=C(C)CC(C)=C1C2=O.CC1=C2C(=O)N(C)C(C)=C2C(=O)N1C.CC1=C2C(=O)c3c(C)c(C)c(C)c(C)c3C(=O)C2=C(C)C1.CC1=NC2=C(C1)C(=O)C1=C(C)CC(C)=C1C2=O.CC1=c2c(C)c(C)c(C)c(C)c2=C(C)C1.CC1=c2nc(C)c(C)nc2=C(C)C1. The van der Waals surface area contributed by atoms with Crippen molar-refractivity contribution in [2.24, 2.45) is 4.99 Å². The molecule has 0 unspecified atom stereocenters. The van der Waals surface area contributed by atoms with Crippen LogP contribution in [0.25, 0.3) is 22.3 Å². The van der Waals surface area contributed by atoms with Gasteiger partial charge in [0.05, 0.1) is 33.2 Å². The molecule has 15 rings (SSSR count). The van der Waals surface area contributed by atoms with Gasteiger partial charge in [-0.05, 0) is 283 Å². The molecule has 2 amide bonds. The number of ketones is 6. The summed E-state index contributed by atoms with van der Waals surface area (Å²) in [5.41, 5.74) is 37.4. The largest absolute Gasteiger partial charge is 0.315 e. The van der Waals surface area contributed by atoms with E-state index in [2.05, 4.69) is 70.4 Å². The van der Waals surface area contributed by atoms with E-state index < -0.39 is 0 Å². The molecule has 0 fully saturated rings. The monoisotopic (exact) mass is 1310 g/mol. The summed E-state index contributed by atoms with van der Waals surface area (Å²) in [6, 6.07) is 0. The summed E-state index contributed by atoms with van der Waals surface area (Å²) in [4.78, 5) is 116. The van der Waals surface area contributed by atoms with E-state index in [1.54, 1.807) is 39.1 Å². The molecule has 0 atom stereocenters. The first-order chi connectivity index (χ1) is 45.7. The number of aryl methyl sites for hydroxylation is 2. The predicted octanol–water partition coefficient (Wildman–Crippen LogP) is 13.8. The van der Waals surface area contributed by atoms with E-state index in [9.17, 15) is 38.4 Å². The van der Waals surface area contributed by atoms with Gasteiger partial charge in [0, 0.05) is 98.9 Å². The van der Waals surface area contributed by atoms with Crippen molar-refractivity contribution in [1.29, 1.82) is 0 Å². The minimum Gasteiger partial charge on any atom is -0.315 e. The summed E-state index contributed by atoms with van der Waals surface area (Å²) in [5, 5.41) is 5.29. The number of aromatic nitrogens is 2. The van der Waals surface area contributed by atoms with Gasteiger partial charge in [0.1, 0.15) is 5.70 Å². The summed E-state index contributed by atoms with van der Waals surface area (Å²) in [6.45, 7) is 51.0. The molecule has 0 N–H and O–H groups in total. The number of nitrogens with zero attached hydrogens (tertiary/aromatic N) is 5. The number of hydrogen-bond donors (Lipinski definition) is 0. The van der Waals surface area contributed by atoms with Gasteiger partial charge in [-0.1, -0.05) is 50.2 Å². The van der Waals surface area contributed by atoms with Crippen LogP contribution in [0.1, 0.15) is 225 Å². The highest BCUT2D eigenvalue weighted by Crippen LogP contribution is 2.48. The van der Waals surface area contributed by atoms with E-state index in [1.807, 2.05) is 104 Å². The van der Waals surface area contributed by atoms with Crippen LogP contribution >= 0.6 is 0 Å². The number of likely N-dealkylation sites (N-methyl/N-ethyl adjacent to an activating group) is 2. The van der Waals surface area contributed by atoms with Crippen LogP contribution < -0.4 is 21.1 Å². The van der Waals surface area contributed by atoms with E-state index in [0.717, 1.165) is 137 Å². The van der Waals surface area contributed by atoms with Crippen LogP contribution in [0, 0.1) is 69.2 Å². The molecule has 98 heavy (non-hydrogen) atoms. The number of aliphatic imine (C=N–C) groups is 1. The highest BCUT2D eigenvalue weighted by molar-refractivity contribution is 6.35. The van der Waals surface area contributed by atoms with Crippen molar-refractivity contribution in [2.45, 2.75) is 218 Å². The Kier molecular flexibility index (Phi) is 18.9. The van der Waals surface area contributed by atoms with E-state index in [1.165, 1.54) is 60.1 Å². The Morgan fingerprint density at radius 3 is 0.980 bits per heavy atom. The molecule has 13 nitrogen and oxygen atoms in total. The second-order valence-electron chi connectivity index (χ2n) is 29.4. The third-order valence-electron chi connectivity index (χ3n) is 22.9. The molecule has 3 aromatic rings. The highest BCUT2D eigenvalue weighted by atomic mass is 16.2. The molecular weight excluding hydrogens is 1220 g/mol. The number of Topliss-reactive ketones (excluding diaryl/α,β-unsaturated/α-hetero) is 6. The number of carbonyl (C=O) groups is 8. The van der Waals surface area contributed by atoms with Gasteiger partial charge in [-0.2, -0.15) is 0 Å². The lowest BCUT2D eigenvalue weighted by molar-refractivity contribution is -0.123. The van der Waals surface area contributed by atoms with Crippen molar-refractivity contribution >= 4 is 74.5 Å². The third-order valence-corrected chi connectivity index (χ3v) is 22.9. The number of benzene rings is 2. The summed E-state index contributed by atoms with van der Waals surface area (Å²) in [6.07, 6.45) is 5.64. The second-order valence-corrected chi connectivity index (χ2v) is 29.4. The standard InChI is InChI=1S/C19H20O2.C16H16O2.C15H20.C14H13NO2.C11H14N2.C10H12N2O2/c1-8-7-9(2)15-14(8)18(20)16-12(5)10(3)11(4)13(6)17(16)19(15)21;1-7-6-11-14(10(7)4)16(18)13-9(3)5-8(2)12(13)15(11)17;1-8-7-9(2)15-13(6)11(4)10(3)12(5)14(8)15;1-6-4-7(2)11-10(6)13(16)9-5-8(3)15-12(9)14(11)17;1-6-5-7(2)11-10(6)12-8(3)9(4)13-11;1-5-7-8(10(14)11(5)3)6(2)12(4)9(7)13/h7H2,1-6H3;5-6H2,1-4H3;7H2,1-6H3;4-5H2,1-3H3;5H2,1-4H3;1-4H3. The minimum atomic E-state index is -0.0762. The number of fused-ring (bicyclic) bond motifs is 7. The zero-order valence-corrected chi connectivity index (χ0v) is 63.0. The van der Waals surface area contributed by atoms with Gasteiger partial charge < -0.3 is 9.80 Å². The number of amides is 2. The van der Waals surface area contributed by atoms with Crippen molar-refractivity contribution in [2.75, 3.05) is 14.1 Å². The van der Waals surface area contributed by atoms with Crippen LogP contribution in [-0.4, -0.2) is 86.1 Å². The molecule has 3 aliphatic heterocycles. The Balaban J connectivity index is 0.000000128. The van der Waals surface area contributed by atoms with Gasteiger partial charge in [0.15, 0.2) is 28.9 Å². The van der Waals surface area contributed by atoms with Crippen LogP contribution in [0.5, 0.6) is 0 Å². The molecule has 0 saturated carbocycles. The molecule has 0 radical (unpaired) electrons. The Labute approximate surface area is 577 Å². The first-order valence-electron chi connectivity index (χ1n) is 34.2. The molecule has 1 aromatic heterocycles. The van der Waals surface area contributed by atoms with Gasteiger partial charge in [0.25, 0.3) is 11.8 Å². The smallest absolute Gasteiger partial charge is 0.260 e. The lowest BCUT2D eigenvalue weighted by Crippen LogP contribution is -2.32. The van der Waals surface area contributed by atoms with Crippen LogP contribution in [0.2, 0.25) is 0 Å². The molecule has 0 spiro atoms. The van der Waals surface area contributed by atoms with Crippen LogP contribution in [0.4, 0.5) is 0 Å². The first kappa shape index (κ1) is 71.5. The Morgan fingerprint density at radius 2 is 0.592 bits per heavy atom. The fraction of sp³-hybridized carbons (Fsp3) is 0.400. The van der Waals surface area contributed by atoms with Gasteiger partial charge in [-0.15, -0.1) is 0 Å². The number of hydrogen-bond acceptors (Lipinski definition) is 11. The maximum absolute atomic E-state index is 13.0. The third kappa shape index (κ3) is 11.2. The van der Waals surface area contributed by atoms with Crippen LogP contribution in [-0.2, 0) is 28.8 Å². The number of carbonyl (C=O) groups excluding carboxylic acids is 8. The van der Waals surface area contributed by atoms with Crippen molar-refractivity contribution in [3.8, 4) is 0 Å². The zero-order chi connectivity index (χ0) is 72.7. The summed E-state index contributed by atoms with van der Waals surface area (Å²) < 4.78 is 0. The van der Waals surface area contributed by atoms with Crippen molar-refractivity contribution in [3.63, 3.8) is 0 Å². The molecule has 4 heterocycles. The van der Waals surface area contributed by atoms with E-state index >= 15 is 0 Å². The van der Waals surface area contributed by atoms with Crippen LogP contribution in [0.15, 0.2) is 128 Å². The predicted molar refractivity (Wildman–Crippen MR) is 391 cm³/mol. The van der Waals surface area contributed by atoms with Crippen LogP contribution in [0.3, 0.4) is 0 Å². The van der Waals surface area contributed by atoms with Crippen molar-refractivity contribution in [3.05, 3.63) is 211 Å². The maximum atomic E-state index is 13.0. The van der Waals surface area contributed by atoms with Gasteiger partial charge in [0.2, 0.25) is 5.78 Å². The lowest BCUT2D eigenvalue weighted by Gasteiger charge is -2.25. The quantitative estimate of drug-likeness (QED) is 0.210. The lowest BCUT2D eigenvalue weighted by atomic mass is 9.75. The Morgan fingerprint density at radius 1 is 0.276 bits per heavy atom. The maximum Gasteiger partial charge on any atom is 0.260 e. The molecule has 12 aliphatic rings. The van der Waals surface area contributed by atoms with Gasteiger partial charge in [-0.25, -0.2) is 9.97 Å². The molecular formula is C85H95N5O8. The highest BCUT2D eigenvalue weighted by Gasteiger charge is 2.46. The molecule has 2 aromatic carbocycles. The average Bonchev–Trinajstić information content (AvgIpc) is 1.51. The van der Waals surface area contributed by atoms with Gasteiger partial charge in [-0.3, -0.25) is 43.3 Å². The average molecular weight is 1310 g/mol. The van der Waals surface area contributed by atoms with E-state index in [0.29, 0.717) is 85.4 Å². The Hall–Kier alpha value is -9.23. The van der Waals surface area contributed by atoms with E-state index in [4.69, 9.17) is 0 Å². The van der Waals surface area contributed by atoms with Gasteiger partial charge >= 0.3 is 0 Å². The summed E-state index contributed by atoms with van der Waals surface area (Å²) in [5.74, 6) is 0.0505. The topological polar surface area (TPSA) is 181 Å². The molecule has 13 heteroatoms. The van der Waals surface area contributed by atoms with Crippen molar-refractivity contribution in [1.82, 2.24) is 19.8 Å².